The van der Waals surface area contributed by atoms with Gasteiger partial charge in [-0.05, 0) is 53.8 Å². The van der Waals surface area contributed by atoms with E-state index in [-0.39, 0.29) is 5.04 Å². The molecule has 1 aromatic heterocycles. The fourth-order valence-corrected chi connectivity index (χ4v) is 3.56. The van der Waals surface area contributed by atoms with Gasteiger partial charge in [0.15, 0.2) is 0 Å². The summed E-state index contributed by atoms with van der Waals surface area (Å²) in [5.74, 6) is 5.34. The van der Waals surface area contributed by atoms with Crippen LogP contribution in [0.1, 0.15) is 31.9 Å². The molecule has 0 spiro atoms. The zero-order valence-corrected chi connectivity index (χ0v) is 16.7. The molecular formula is C20H23NOSSi. The van der Waals surface area contributed by atoms with Gasteiger partial charge in [-0.15, -0.1) is 24.2 Å². The molecule has 1 aromatic carbocycles. The molecule has 0 amide bonds. The SMILES string of the molecule is C#Cc1cc(C#C)cc(N(O[Si](C)(C)C(C)(C)C)c2cccs2)c1. The Labute approximate surface area is 150 Å². The molecule has 0 bridgehead atoms. The molecule has 124 valence electrons. The maximum Gasteiger partial charge on any atom is 0.229 e. The molecule has 0 saturated heterocycles. The van der Waals surface area contributed by atoms with E-state index in [9.17, 15) is 0 Å². The predicted octanol–water partition coefficient (Wildman–Crippen LogP) is 5.79. The molecular weight excluding hydrogens is 330 g/mol. The Balaban J connectivity index is 2.54. The molecule has 4 heteroatoms. The molecule has 0 atom stereocenters. The molecule has 1 heterocycles. The lowest BCUT2D eigenvalue weighted by atomic mass is 10.1. The number of terminal acetylenes is 2. The third kappa shape index (κ3) is 3.91. The van der Waals surface area contributed by atoms with Crippen LogP contribution in [-0.4, -0.2) is 8.32 Å². The molecule has 0 radical (unpaired) electrons. The van der Waals surface area contributed by atoms with Gasteiger partial charge in [-0.25, -0.2) is 5.06 Å². The Morgan fingerprint density at radius 2 is 1.67 bits per heavy atom. The summed E-state index contributed by atoms with van der Waals surface area (Å²) in [4.78, 5) is 0. The first-order valence-electron chi connectivity index (χ1n) is 7.79. The van der Waals surface area contributed by atoms with E-state index in [4.69, 9.17) is 17.4 Å². The third-order valence-corrected chi connectivity index (χ3v) is 9.41. The Morgan fingerprint density at radius 3 is 2.08 bits per heavy atom. The van der Waals surface area contributed by atoms with Crippen molar-refractivity contribution in [3.05, 3.63) is 46.8 Å². The lowest BCUT2D eigenvalue weighted by molar-refractivity contribution is 0.295. The molecule has 2 aromatic rings. The average molecular weight is 354 g/mol. The van der Waals surface area contributed by atoms with E-state index in [1.165, 1.54) is 0 Å². The van der Waals surface area contributed by atoms with Crippen LogP contribution in [-0.2, 0) is 4.53 Å². The zero-order chi connectivity index (χ0) is 18.0. The second kappa shape index (κ2) is 6.87. The van der Waals surface area contributed by atoms with Gasteiger partial charge in [-0.1, -0.05) is 32.6 Å². The van der Waals surface area contributed by atoms with Crippen LogP contribution in [0.3, 0.4) is 0 Å². The summed E-state index contributed by atoms with van der Waals surface area (Å²) < 4.78 is 6.58. The van der Waals surface area contributed by atoms with Crippen molar-refractivity contribution in [1.82, 2.24) is 0 Å². The molecule has 0 N–H and O–H groups in total. The monoisotopic (exact) mass is 353 g/mol. The summed E-state index contributed by atoms with van der Waals surface area (Å²) in [6.45, 7) is 11.1. The highest BCUT2D eigenvalue weighted by molar-refractivity contribution is 7.14. The number of hydrogen-bond acceptors (Lipinski definition) is 3. The van der Waals surface area contributed by atoms with Crippen LogP contribution in [0.15, 0.2) is 35.7 Å². The lowest BCUT2D eigenvalue weighted by Crippen LogP contribution is -2.45. The third-order valence-electron chi connectivity index (χ3n) is 4.32. The second-order valence-electron chi connectivity index (χ2n) is 7.15. The molecule has 0 aliphatic heterocycles. The van der Waals surface area contributed by atoms with Gasteiger partial charge in [0.1, 0.15) is 5.00 Å². The molecule has 2 nitrogen and oxygen atoms in total. The van der Waals surface area contributed by atoms with Crippen LogP contribution in [0.2, 0.25) is 18.1 Å². The average Bonchev–Trinajstić information content (AvgIpc) is 3.05. The summed E-state index contributed by atoms with van der Waals surface area (Å²) in [5, 5.41) is 5.02. The van der Waals surface area contributed by atoms with Crippen LogP contribution in [0.4, 0.5) is 10.7 Å². The van der Waals surface area contributed by atoms with Gasteiger partial charge in [-0.3, -0.25) is 0 Å². The van der Waals surface area contributed by atoms with E-state index in [1.54, 1.807) is 11.3 Å². The van der Waals surface area contributed by atoms with Crippen molar-refractivity contribution in [2.75, 3.05) is 5.06 Å². The summed E-state index contributed by atoms with van der Waals surface area (Å²) in [5.41, 5.74) is 2.37. The first-order valence-corrected chi connectivity index (χ1v) is 11.6. The summed E-state index contributed by atoms with van der Waals surface area (Å²) in [7, 11) is -2.03. The Hall–Kier alpha value is -1.98. The maximum atomic E-state index is 6.58. The number of benzene rings is 1. The number of anilines is 2. The van der Waals surface area contributed by atoms with Crippen molar-refractivity contribution in [2.24, 2.45) is 0 Å². The van der Waals surface area contributed by atoms with Crippen molar-refractivity contribution < 1.29 is 4.53 Å². The first-order chi connectivity index (χ1) is 11.2. The normalized spacial score (nSPS) is 11.6. The minimum Gasteiger partial charge on any atom is -0.314 e. The molecule has 0 fully saturated rings. The Morgan fingerprint density at radius 1 is 1.08 bits per heavy atom. The minimum atomic E-state index is -2.03. The highest BCUT2D eigenvalue weighted by atomic mass is 32.1. The number of nitrogens with zero attached hydrogens (tertiary/aromatic N) is 1. The highest BCUT2D eigenvalue weighted by Crippen LogP contribution is 2.41. The smallest absolute Gasteiger partial charge is 0.229 e. The van der Waals surface area contributed by atoms with Crippen molar-refractivity contribution >= 4 is 30.3 Å². The molecule has 0 aliphatic rings. The summed E-state index contributed by atoms with van der Waals surface area (Å²) >= 11 is 1.62. The van der Waals surface area contributed by atoms with E-state index in [1.807, 2.05) is 40.8 Å². The molecule has 0 saturated carbocycles. The second-order valence-corrected chi connectivity index (χ2v) is 12.8. The van der Waals surface area contributed by atoms with Gasteiger partial charge >= 0.3 is 0 Å². The molecule has 0 unspecified atom stereocenters. The quantitative estimate of drug-likeness (QED) is 0.392. The van der Waals surface area contributed by atoms with Gasteiger partial charge < -0.3 is 4.53 Å². The fraction of sp³-hybridized carbons (Fsp3) is 0.300. The van der Waals surface area contributed by atoms with Crippen molar-refractivity contribution in [3.8, 4) is 24.7 Å². The van der Waals surface area contributed by atoms with E-state index in [2.05, 4.69) is 45.7 Å². The predicted molar refractivity (Wildman–Crippen MR) is 107 cm³/mol. The van der Waals surface area contributed by atoms with Gasteiger partial charge in [0.05, 0.1) is 5.69 Å². The number of thiophene rings is 1. The topological polar surface area (TPSA) is 12.5 Å². The minimum absolute atomic E-state index is 0.0845. The van der Waals surface area contributed by atoms with Crippen molar-refractivity contribution in [2.45, 2.75) is 38.9 Å². The van der Waals surface area contributed by atoms with Gasteiger partial charge in [0.25, 0.3) is 0 Å². The van der Waals surface area contributed by atoms with Crippen molar-refractivity contribution in [1.29, 1.82) is 0 Å². The van der Waals surface area contributed by atoms with Crippen LogP contribution in [0.25, 0.3) is 0 Å². The maximum absolute atomic E-state index is 6.58. The highest BCUT2D eigenvalue weighted by Gasteiger charge is 2.40. The summed E-state index contributed by atoms with van der Waals surface area (Å²) in [6.07, 6.45) is 11.2. The number of hydrogen-bond donors (Lipinski definition) is 0. The Bertz CT molecular complexity index is 756. The largest absolute Gasteiger partial charge is 0.314 e. The van der Waals surface area contributed by atoms with Crippen molar-refractivity contribution in [3.63, 3.8) is 0 Å². The van der Waals surface area contributed by atoms with Crippen LogP contribution >= 0.6 is 11.3 Å². The van der Waals surface area contributed by atoms with Gasteiger partial charge in [0, 0.05) is 11.1 Å². The fourth-order valence-electron chi connectivity index (χ4n) is 1.87. The van der Waals surface area contributed by atoms with Crippen LogP contribution in [0, 0.1) is 24.7 Å². The van der Waals surface area contributed by atoms with E-state index >= 15 is 0 Å². The van der Waals surface area contributed by atoms with Gasteiger partial charge in [-0.2, -0.15) is 0 Å². The molecule has 2 rings (SSSR count). The van der Waals surface area contributed by atoms with E-state index in [0.29, 0.717) is 0 Å². The van der Waals surface area contributed by atoms with Crippen LogP contribution in [0.5, 0.6) is 0 Å². The van der Waals surface area contributed by atoms with E-state index in [0.717, 1.165) is 21.8 Å². The standard InChI is InChI=1S/C20H23NOSSi/c1-8-16-13-17(9-2)15-18(14-16)21(19-11-10-12-23-19)22-24(6,7)20(3,4)5/h1-2,10-15H,3-7H3. The van der Waals surface area contributed by atoms with Crippen LogP contribution < -0.4 is 5.06 Å². The summed E-state index contributed by atoms with van der Waals surface area (Å²) in [6, 6.07) is 9.76. The zero-order valence-electron chi connectivity index (χ0n) is 14.9. The first kappa shape index (κ1) is 18.4. The molecule has 24 heavy (non-hydrogen) atoms. The van der Waals surface area contributed by atoms with Gasteiger partial charge in [0.2, 0.25) is 8.32 Å². The lowest BCUT2D eigenvalue weighted by Gasteiger charge is -2.40. The number of rotatable bonds is 4. The van der Waals surface area contributed by atoms with E-state index < -0.39 is 8.32 Å². The Kier molecular flexibility index (Phi) is 5.25. The molecule has 0 aliphatic carbocycles.